The lowest BCUT2D eigenvalue weighted by molar-refractivity contribution is -0.194. The highest BCUT2D eigenvalue weighted by atomic mass is 16.4. The fourth-order valence-corrected chi connectivity index (χ4v) is 9.27. The number of allylic oxidation sites excluding steroid dienone is 2. The third-order valence-electron chi connectivity index (χ3n) is 11.9. The summed E-state index contributed by atoms with van der Waals surface area (Å²) >= 11 is 0. The number of carbonyl (C=O) groups excluding carboxylic acids is 4. The van der Waals surface area contributed by atoms with E-state index < -0.39 is 80.0 Å². The number of phenolic OH excluding ortho intramolecular Hbond substituents is 1. The predicted octanol–water partition coefficient (Wildman–Crippen LogP) is 6.19. The molecule has 44 heavy (non-hydrogen) atoms. The number of Topliss-reactive ketones (excluding diaryl/α,β-unsaturated/α-hetero) is 4. The molecule has 8 nitrogen and oxygen atoms in total. The highest BCUT2D eigenvalue weighted by Gasteiger charge is 2.76. The summed E-state index contributed by atoms with van der Waals surface area (Å²) in [6.45, 7) is 15.7. The van der Waals surface area contributed by atoms with Crippen LogP contribution in [0.15, 0.2) is 34.8 Å². The zero-order valence-corrected chi connectivity index (χ0v) is 27.3. The lowest BCUT2D eigenvalue weighted by atomic mass is 9.38. The second-order valence-electron chi connectivity index (χ2n) is 15.4. The number of aliphatic hydroxyl groups excluding tert-OH is 2. The molecule has 4 aliphatic carbocycles. The molecule has 0 aliphatic heterocycles. The molecule has 5 rings (SSSR count). The van der Waals surface area contributed by atoms with E-state index in [0.29, 0.717) is 11.1 Å². The van der Waals surface area contributed by atoms with Gasteiger partial charge in [-0.1, -0.05) is 73.9 Å². The van der Waals surface area contributed by atoms with Crippen molar-refractivity contribution < 1.29 is 39.6 Å². The van der Waals surface area contributed by atoms with Crippen molar-refractivity contribution in [2.45, 2.75) is 105 Å². The second kappa shape index (κ2) is 9.87. The maximum Gasteiger partial charge on any atom is 0.209 e. The molecule has 0 amide bonds. The van der Waals surface area contributed by atoms with Gasteiger partial charge in [0.15, 0.2) is 17.2 Å². The maximum atomic E-state index is 14.7. The van der Waals surface area contributed by atoms with E-state index in [2.05, 4.69) is 0 Å². The van der Waals surface area contributed by atoms with Gasteiger partial charge in [0, 0.05) is 40.2 Å². The molecule has 1 saturated carbocycles. The van der Waals surface area contributed by atoms with E-state index >= 15 is 0 Å². The lowest BCUT2D eigenvalue weighted by Crippen LogP contribution is -2.71. The number of hydrogen-bond acceptors (Lipinski definition) is 8. The van der Waals surface area contributed by atoms with E-state index in [0.717, 1.165) is 26.2 Å². The summed E-state index contributed by atoms with van der Waals surface area (Å²) in [5, 5.41) is 48.0. The van der Waals surface area contributed by atoms with Gasteiger partial charge in [0.05, 0.1) is 5.56 Å². The molecule has 0 heterocycles. The Kier molecular flexibility index (Phi) is 7.21. The molecule has 1 fully saturated rings. The molecule has 1 aromatic rings. The molecule has 0 saturated heterocycles. The number of benzene rings is 1. The number of aromatic hydroxyl groups is 1. The minimum Gasteiger partial charge on any atom is -0.511 e. The van der Waals surface area contributed by atoms with Gasteiger partial charge in [0.1, 0.15) is 28.6 Å². The minimum atomic E-state index is -2.79. The van der Waals surface area contributed by atoms with Crippen LogP contribution in [0.2, 0.25) is 0 Å². The average Bonchev–Trinajstić information content (AvgIpc) is 2.86. The Bertz CT molecular complexity index is 1570. The van der Waals surface area contributed by atoms with Crippen molar-refractivity contribution in [2.24, 2.45) is 34.5 Å². The Balaban J connectivity index is 1.92. The van der Waals surface area contributed by atoms with Crippen molar-refractivity contribution in [3.8, 4) is 5.75 Å². The van der Waals surface area contributed by atoms with Crippen LogP contribution in [-0.4, -0.2) is 49.2 Å². The van der Waals surface area contributed by atoms with E-state index in [-0.39, 0.29) is 35.0 Å². The zero-order valence-electron chi connectivity index (χ0n) is 27.3. The zero-order chi connectivity index (χ0) is 33.1. The minimum absolute atomic E-state index is 0.00549. The highest BCUT2D eigenvalue weighted by Crippen LogP contribution is 2.71. The average molecular weight is 607 g/mol. The van der Waals surface area contributed by atoms with E-state index in [1.54, 1.807) is 33.8 Å². The topological polar surface area (TPSA) is 149 Å². The number of hydrogen-bond donors (Lipinski definition) is 4. The Hall–Kier alpha value is -3.26. The predicted molar refractivity (Wildman–Crippen MR) is 164 cm³/mol. The molecule has 0 spiro atoms. The summed E-state index contributed by atoms with van der Waals surface area (Å²) in [6, 6.07) is 3.60. The monoisotopic (exact) mass is 606 g/mol. The Morgan fingerprint density at radius 3 is 2.11 bits per heavy atom. The van der Waals surface area contributed by atoms with Crippen LogP contribution in [0.4, 0.5) is 0 Å². The van der Waals surface area contributed by atoms with Gasteiger partial charge in [-0.15, -0.1) is 0 Å². The van der Waals surface area contributed by atoms with E-state index in [1.807, 2.05) is 33.8 Å². The molecule has 4 N–H and O–H groups in total. The van der Waals surface area contributed by atoms with Crippen LogP contribution in [0.1, 0.15) is 115 Å². The summed E-state index contributed by atoms with van der Waals surface area (Å²) in [4.78, 5) is 55.6. The quantitative estimate of drug-likeness (QED) is 0.290. The number of aliphatic hydroxyl groups is 3. The molecular weight excluding hydrogens is 560 g/mol. The molecule has 0 radical (unpaired) electrons. The van der Waals surface area contributed by atoms with E-state index in [9.17, 15) is 39.6 Å². The first kappa shape index (κ1) is 32.1. The number of carbonyl (C=O) groups is 4. The van der Waals surface area contributed by atoms with Crippen molar-refractivity contribution in [1.29, 1.82) is 0 Å². The van der Waals surface area contributed by atoms with Crippen LogP contribution < -0.4 is 0 Å². The second-order valence-corrected chi connectivity index (χ2v) is 15.4. The first-order chi connectivity index (χ1) is 20.2. The fourth-order valence-electron chi connectivity index (χ4n) is 9.27. The van der Waals surface area contributed by atoms with Crippen molar-refractivity contribution in [1.82, 2.24) is 0 Å². The number of rotatable bonds is 5. The van der Waals surface area contributed by atoms with Crippen molar-refractivity contribution in [2.75, 3.05) is 0 Å². The Morgan fingerprint density at radius 1 is 1.05 bits per heavy atom. The van der Waals surface area contributed by atoms with E-state index in [1.165, 1.54) is 0 Å². The van der Waals surface area contributed by atoms with Crippen LogP contribution in [-0.2, 0) is 19.8 Å². The Morgan fingerprint density at radius 2 is 1.64 bits per heavy atom. The standard InChI is InChI=1S/C36H46O8/c1-16(2)26-29(40)24(18(4)37)31(42)36(44)32(43)27-30(41)25-20(13-14-21(28(25)39)33(5,6)7)17(3)34(27,8)23(35(26,36)9)15-22(38)19-11-10-12-19/h13-14,16-17,19,23,26,39-40,43-44H,10-12,15H2,1-9H3/t17-,23-,26?,34-,35-,36+/m1/s1. The fraction of sp³-hybridized carbons (Fsp3) is 0.611. The van der Waals surface area contributed by atoms with Crippen molar-refractivity contribution in [3.63, 3.8) is 0 Å². The lowest BCUT2D eigenvalue weighted by Gasteiger charge is -2.65. The van der Waals surface area contributed by atoms with Crippen LogP contribution in [0.5, 0.6) is 5.75 Å². The van der Waals surface area contributed by atoms with Gasteiger partial charge in [0.2, 0.25) is 5.78 Å². The summed E-state index contributed by atoms with van der Waals surface area (Å²) in [5.74, 6) is -7.42. The number of fused-ring (bicyclic) bond motifs is 3. The number of ketones is 4. The van der Waals surface area contributed by atoms with Crippen molar-refractivity contribution in [3.05, 3.63) is 51.5 Å². The van der Waals surface area contributed by atoms with Crippen LogP contribution in [0.25, 0.3) is 0 Å². The largest absolute Gasteiger partial charge is 0.511 e. The Labute approximate surface area is 259 Å². The molecule has 1 unspecified atom stereocenters. The molecule has 6 atom stereocenters. The number of phenols is 1. The summed E-state index contributed by atoms with van der Waals surface area (Å²) in [5.41, 5.74) is -6.09. The molecule has 8 heteroatoms. The van der Waals surface area contributed by atoms with Gasteiger partial charge in [-0.05, 0) is 48.5 Å². The molecule has 0 aromatic heterocycles. The maximum absolute atomic E-state index is 14.7. The van der Waals surface area contributed by atoms with Gasteiger partial charge in [-0.2, -0.15) is 0 Å². The smallest absolute Gasteiger partial charge is 0.209 e. The van der Waals surface area contributed by atoms with Crippen LogP contribution in [0, 0.1) is 34.5 Å². The molecule has 1 aromatic carbocycles. The summed E-state index contributed by atoms with van der Waals surface area (Å²) in [7, 11) is 0. The van der Waals surface area contributed by atoms with Gasteiger partial charge >= 0.3 is 0 Å². The van der Waals surface area contributed by atoms with Crippen molar-refractivity contribution >= 4 is 23.1 Å². The SMILES string of the molecule is CC(=O)C1=C(O)C(C(C)C)[C@@]2(C)[C@H](CC(=O)C3CCC3)[C@]3(C)C(=C(O)[C@@]2(O)C1=O)C(=O)c1c(ccc(C(C)(C)C)c1O)[C@H]3C. The van der Waals surface area contributed by atoms with Gasteiger partial charge < -0.3 is 20.4 Å². The van der Waals surface area contributed by atoms with Gasteiger partial charge in [-0.25, -0.2) is 0 Å². The normalized spacial score (nSPS) is 34.0. The summed E-state index contributed by atoms with van der Waals surface area (Å²) < 4.78 is 0. The summed E-state index contributed by atoms with van der Waals surface area (Å²) in [6.07, 6.45) is 2.27. The molecular formula is C36H46O8. The van der Waals surface area contributed by atoms with E-state index in [4.69, 9.17) is 0 Å². The highest BCUT2D eigenvalue weighted by molar-refractivity contribution is 6.25. The van der Waals surface area contributed by atoms with Crippen LogP contribution >= 0.6 is 0 Å². The first-order valence-electron chi connectivity index (χ1n) is 15.8. The van der Waals surface area contributed by atoms with Gasteiger partial charge in [-0.3, -0.25) is 19.2 Å². The molecule has 0 bridgehead atoms. The first-order valence-corrected chi connectivity index (χ1v) is 15.8. The van der Waals surface area contributed by atoms with Crippen LogP contribution in [0.3, 0.4) is 0 Å². The third kappa shape index (κ3) is 3.78. The third-order valence-corrected chi connectivity index (χ3v) is 11.9. The van der Waals surface area contributed by atoms with Gasteiger partial charge in [0.25, 0.3) is 0 Å². The molecule has 238 valence electrons. The molecule has 4 aliphatic rings.